The van der Waals surface area contributed by atoms with Crippen LogP contribution in [-0.2, 0) is 10.0 Å². The molecule has 7 nitrogen and oxygen atoms in total. The first-order valence-electron chi connectivity index (χ1n) is 5.36. The molecule has 98 valence electrons. The molecular weight excluding hydrogens is 256 g/mol. The zero-order chi connectivity index (χ0) is 13.3. The monoisotopic (exact) mass is 270 g/mol. The van der Waals surface area contributed by atoms with Gasteiger partial charge in [0.25, 0.3) is 0 Å². The Morgan fingerprint density at radius 3 is 2.67 bits per heavy atom. The van der Waals surface area contributed by atoms with Gasteiger partial charge in [-0.3, -0.25) is 0 Å². The first kappa shape index (κ1) is 12.8. The lowest BCUT2D eigenvalue weighted by molar-refractivity contribution is 0.390. The SMILES string of the molecule is Cc1noc(C)c1S(=O)(=O)NC(C)c1ncc[nH]1. The highest BCUT2D eigenvalue weighted by Gasteiger charge is 2.26. The maximum absolute atomic E-state index is 12.2. The lowest BCUT2D eigenvalue weighted by Gasteiger charge is -2.11. The van der Waals surface area contributed by atoms with Gasteiger partial charge in [0.15, 0.2) is 5.76 Å². The van der Waals surface area contributed by atoms with Gasteiger partial charge >= 0.3 is 0 Å². The summed E-state index contributed by atoms with van der Waals surface area (Å²) in [5.74, 6) is 0.817. The smallest absolute Gasteiger partial charge is 0.246 e. The second kappa shape index (κ2) is 4.54. The summed E-state index contributed by atoms with van der Waals surface area (Å²) in [5.41, 5.74) is 0.339. The Morgan fingerprint density at radius 2 is 2.17 bits per heavy atom. The van der Waals surface area contributed by atoms with E-state index in [2.05, 4.69) is 19.8 Å². The van der Waals surface area contributed by atoms with Crippen LogP contribution in [0.3, 0.4) is 0 Å². The van der Waals surface area contributed by atoms with Crippen molar-refractivity contribution in [1.29, 1.82) is 0 Å². The molecule has 0 fully saturated rings. The lowest BCUT2D eigenvalue weighted by Crippen LogP contribution is -2.28. The van der Waals surface area contributed by atoms with Crippen LogP contribution in [0.1, 0.15) is 30.2 Å². The Hall–Kier alpha value is -1.67. The summed E-state index contributed by atoms with van der Waals surface area (Å²) in [5, 5.41) is 3.63. The van der Waals surface area contributed by atoms with Crippen molar-refractivity contribution in [3.8, 4) is 0 Å². The summed E-state index contributed by atoms with van der Waals surface area (Å²) >= 11 is 0. The molecule has 8 heteroatoms. The number of nitrogens with one attached hydrogen (secondary N) is 2. The molecule has 18 heavy (non-hydrogen) atoms. The van der Waals surface area contributed by atoms with Crippen molar-refractivity contribution in [3.05, 3.63) is 29.7 Å². The molecular formula is C10H14N4O3S. The van der Waals surface area contributed by atoms with Crippen LogP contribution in [0.4, 0.5) is 0 Å². The summed E-state index contributed by atoms with van der Waals surface area (Å²) < 4.78 is 31.8. The van der Waals surface area contributed by atoms with Crippen molar-refractivity contribution < 1.29 is 12.9 Å². The number of H-pyrrole nitrogens is 1. The molecule has 2 rings (SSSR count). The topological polar surface area (TPSA) is 101 Å². The molecule has 2 N–H and O–H groups in total. The van der Waals surface area contributed by atoms with E-state index < -0.39 is 16.1 Å². The Bertz CT molecular complexity index is 611. The maximum atomic E-state index is 12.2. The normalized spacial score (nSPS) is 13.7. The van der Waals surface area contributed by atoms with Crippen LogP contribution in [0.5, 0.6) is 0 Å². The second-order valence-corrected chi connectivity index (χ2v) is 5.62. The first-order valence-corrected chi connectivity index (χ1v) is 6.84. The van der Waals surface area contributed by atoms with Crippen molar-refractivity contribution in [2.24, 2.45) is 0 Å². The van der Waals surface area contributed by atoms with E-state index in [0.29, 0.717) is 11.5 Å². The maximum Gasteiger partial charge on any atom is 0.246 e. The molecule has 2 aromatic heterocycles. The molecule has 0 bridgehead atoms. The Labute approximate surface area is 105 Å². The lowest BCUT2D eigenvalue weighted by atomic mass is 10.3. The fourth-order valence-electron chi connectivity index (χ4n) is 1.72. The van der Waals surface area contributed by atoms with E-state index >= 15 is 0 Å². The highest BCUT2D eigenvalue weighted by molar-refractivity contribution is 7.89. The van der Waals surface area contributed by atoms with Crippen molar-refractivity contribution in [1.82, 2.24) is 19.8 Å². The molecule has 0 radical (unpaired) electrons. The number of rotatable bonds is 4. The van der Waals surface area contributed by atoms with Gasteiger partial charge in [0, 0.05) is 12.4 Å². The summed E-state index contributed by atoms with van der Waals surface area (Å²) in [6.45, 7) is 4.85. The van der Waals surface area contributed by atoms with Crippen LogP contribution in [0.2, 0.25) is 0 Å². The molecule has 1 atom stereocenters. The van der Waals surface area contributed by atoms with Gasteiger partial charge in [-0.05, 0) is 20.8 Å². The molecule has 0 saturated carbocycles. The van der Waals surface area contributed by atoms with Crippen LogP contribution in [-0.4, -0.2) is 23.5 Å². The molecule has 1 unspecified atom stereocenters. The highest BCUT2D eigenvalue weighted by Crippen LogP contribution is 2.20. The number of hydrogen-bond donors (Lipinski definition) is 2. The number of sulfonamides is 1. The quantitative estimate of drug-likeness (QED) is 0.864. The van der Waals surface area contributed by atoms with Gasteiger partial charge in [-0.15, -0.1) is 0 Å². The standard InChI is InChI=1S/C10H14N4O3S/c1-6-9(8(3)17-13-6)18(15,16)14-7(2)10-11-4-5-12-10/h4-5,7,14H,1-3H3,(H,11,12). The number of aryl methyl sites for hydroxylation is 2. The third-order valence-electron chi connectivity index (χ3n) is 2.50. The average Bonchev–Trinajstić information content (AvgIpc) is 2.87. The average molecular weight is 270 g/mol. The Morgan fingerprint density at radius 1 is 1.44 bits per heavy atom. The van der Waals surface area contributed by atoms with Crippen LogP contribution < -0.4 is 4.72 Å². The molecule has 0 aliphatic carbocycles. The van der Waals surface area contributed by atoms with E-state index in [0.717, 1.165) is 0 Å². The largest absolute Gasteiger partial charge is 0.360 e. The molecule has 0 spiro atoms. The van der Waals surface area contributed by atoms with E-state index in [9.17, 15) is 8.42 Å². The van der Waals surface area contributed by atoms with Crippen LogP contribution in [0, 0.1) is 13.8 Å². The van der Waals surface area contributed by atoms with Crippen LogP contribution in [0.25, 0.3) is 0 Å². The van der Waals surface area contributed by atoms with E-state index in [1.165, 1.54) is 0 Å². The van der Waals surface area contributed by atoms with E-state index in [-0.39, 0.29) is 10.7 Å². The summed E-state index contributed by atoms with van der Waals surface area (Å²) in [6.07, 6.45) is 3.20. The third kappa shape index (κ3) is 2.29. The summed E-state index contributed by atoms with van der Waals surface area (Å²) in [6, 6.07) is -0.460. The number of nitrogens with zero attached hydrogens (tertiary/aromatic N) is 2. The third-order valence-corrected chi connectivity index (χ3v) is 4.28. The molecule has 2 heterocycles. The van der Waals surface area contributed by atoms with Crippen molar-refractivity contribution >= 4 is 10.0 Å². The molecule has 0 aromatic carbocycles. The molecule has 0 saturated heterocycles. The predicted octanol–water partition coefficient (Wildman–Crippen LogP) is 1.05. The molecule has 0 aliphatic rings. The van der Waals surface area contributed by atoms with Crippen LogP contribution in [0.15, 0.2) is 21.8 Å². The zero-order valence-corrected chi connectivity index (χ0v) is 11.1. The van der Waals surface area contributed by atoms with Gasteiger partial charge in [-0.2, -0.15) is 0 Å². The van der Waals surface area contributed by atoms with Crippen LogP contribution >= 0.6 is 0 Å². The second-order valence-electron chi connectivity index (χ2n) is 3.97. The minimum atomic E-state index is -3.67. The number of aromatic amines is 1. The van der Waals surface area contributed by atoms with Gasteiger partial charge < -0.3 is 9.51 Å². The van der Waals surface area contributed by atoms with Crippen molar-refractivity contribution in [2.45, 2.75) is 31.7 Å². The number of imidazole rings is 1. The van der Waals surface area contributed by atoms with Gasteiger partial charge in [-0.25, -0.2) is 18.1 Å². The number of hydrogen-bond acceptors (Lipinski definition) is 5. The van der Waals surface area contributed by atoms with Gasteiger partial charge in [0.2, 0.25) is 10.0 Å². The first-order chi connectivity index (χ1) is 8.42. The minimum absolute atomic E-state index is 0.0842. The predicted molar refractivity (Wildman–Crippen MR) is 63.3 cm³/mol. The molecule has 0 aliphatic heterocycles. The minimum Gasteiger partial charge on any atom is -0.360 e. The highest BCUT2D eigenvalue weighted by atomic mass is 32.2. The summed E-state index contributed by atoms with van der Waals surface area (Å²) in [4.78, 5) is 6.95. The summed E-state index contributed by atoms with van der Waals surface area (Å²) in [7, 11) is -3.67. The van der Waals surface area contributed by atoms with Gasteiger partial charge in [0.05, 0.1) is 6.04 Å². The van der Waals surface area contributed by atoms with E-state index in [1.54, 1.807) is 33.2 Å². The van der Waals surface area contributed by atoms with E-state index in [4.69, 9.17) is 4.52 Å². The van der Waals surface area contributed by atoms with Crippen molar-refractivity contribution in [2.75, 3.05) is 0 Å². The molecule has 0 amide bonds. The zero-order valence-electron chi connectivity index (χ0n) is 10.3. The van der Waals surface area contributed by atoms with E-state index in [1.807, 2.05) is 0 Å². The van der Waals surface area contributed by atoms with Gasteiger partial charge in [0.1, 0.15) is 16.4 Å². The molecule has 2 aromatic rings. The van der Waals surface area contributed by atoms with Gasteiger partial charge in [-0.1, -0.05) is 5.16 Å². The fraction of sp³-hybridized carbons (Fsp3) is 0.400. The number of aromatic nitrogens is 3. The fourth-order valence-corrected chi connectivity index (χ4v) is 3.26. The van der Waals surface area contributed by atoms with Crippen molar-refractivity contribution in [3.63, 3.8) is 0 Å². The Balaban J connectivity index is 2.28. The Kier molecular flexibility index (Phi) is 3.22.